The van der Waals surface area contributed by atoms with Gasteiger partial charge in [-0.05, 0) is 105 Å². The minimum absolute atomic E-state index is 0.605. The molecule has 3 heterocycles. The molecule has 0 aliphatic carbocycles. The average molecular weight is 719 g/mol. The van der Waals surface area contributed by atoms with E-state index in [-0.39, 0.29) is 0 Å². The molecule has 0 bridgehead atoms. The molecule has 7 aromatic carbocycles. The van der Waals surface area contributed by atoms with Crippen molar-refractivity contribution < 1.29 is 0 Å². The van der Waals surface area contributed by atoms with Gasteiger partial charge >= 0.3 is 0 Å². The lowest BCUT2D eigenvalue weighted by molar-refractivity contribution is 1.13. The first kappa shape index (κ1) is 33.4. The van der Waals surface area contributed by atoms with E-state index in [1.54, 1.807) is 0 Å². The van der Waals surface area contributed by atoms with Gasteiger partial charge < -0.3 is 9.13 Å². The molecule has 3 aromatic heterocycles. The van der Waals surface area contributed by atoms with E-state index >= 15 is 0 Å². The van der Waals surface area contributed by atoms with E-state index in [1.807, 2.05) is 24.5 Å². The van der Waals surface area contributed by atoms with Gasteiger partial charge in [-0.25, -0.2) is 0 Å². The van der Waals surface area contributed by atoms with Gasteiger partial charge in [0.25, 0.3) is 0 Å². The number of aromatic nitrogens is 3. The normalized spacial score (nSPS) is 11.6. The molecular formula is C52H38N4. The summed E-state index contributed by atoms with van der Waals surface area (Å²) in [5.74, 6) is 0. The summed E-state index contributed by atoms with van der Waals surface area (Å²) in [4.78, 5) is 4.72. The molecule has 0 unspecified atom stereocenters. The summed E-state index contributed by atoms with van der Waals surface area (Å²) in [5.41, 5.74) is 18.8. The Hall–Kier alpha value is -7.22. The Morgan fingerprint density at radius 2 is 0.911 bits per heavy atom. The summed E-state index contributed by atoms with van der Waals surface area (Å²) in [5, 5.41) is 15.0. The second kappa shape index (κ2) is 13.0. The van der Waals surface area contributed by atoms with Gasteiger partial charge in [0.05, 0.1) is 51.3 Å². The molecule has 0 atom stereocenters. The number of benzene rings is 7. The monoisotopic (exact) mass is 718 g/mol. The van der Waals surface area contributed by atoms with Crippen molar-refractivity contribution in [2.45, 2.75) is 27.7 Å². The molecule has 0 N–H and O–H groups in total. The number of pyridine rings is 1. The highest BCUT2D eigenvalue weighted by Crippen LogP contribution is 2.42. The lowest BCUT2D eigenvalue weighted by Gasteiger charge is -2.18. The van der Waals surface area contributed by atoms with Crippen LogP contribution in [0.2, 0.25) is 0 Å². The third kappa shape index (κ3) is 5.40. The van der Waals surface area contributed by atoms with E-state index in [9.17, 15) is 5.26 Å². The number of fused-ring (bicyclic) bond motifs is 6. The number of nitriles is 1. The van der Waals surface area contributed by atoms with Crippen molar-refractivity contribution in [2.24, 2.45) is 0 Å². The van der Waals surface area contributed by atoms with Gasteiger partial charge in [-0.15, -0.1) is 0 Å². The van der Waals surface area contributed by atoms with Crippen LogP contribution in [0.15, 0.2) is 158 Å². The van der Waals surface area contributed by atoms with E-state index in [1.165, 1.54) is 66.1 Å². The highest BCUT2D eigenvalue weighted by Gasteiger charge is 2.21. The van der Waals surface area contributed by atoms with E-state index in [2.05, 4.69) is 176 Å². The molecule has 56 heavy (non-hydrogen) atoms. The average Bonchev–Trinajstić information content (AvgIpc) is 3.72. The molecule has 4 heteroatoms. The predicted molar refractivity (Wildman–Crippen MR) is 233 cm³/mol. The fraction of sp³-hybridized carbons (Fsp3) is 0.0769. The Morgan fingerprint density at radius 1 is 0.429 bits per heavy atom. The van der Waals surface area contributed by atoms with Crippen LogP contribution in [-0.4, -0.2) is 14.1 Å². The van der Waals surface area contributed by atoms with Crippen molar-refractivity contribution in [1.82, 2.24) is 14.1 Å². The summed E-state index contributed by atoms with van der Waals surface area (Å²) < 4.78 is 4.68. The second-order valence-corrected chi connectivity index (χ2v) is 15.2. The zero-order valence-corrected chi connectivity index (χ0v) is 31.8. The van der Waals surface area contributed by atoms with Crippen molar-refractivity contribution >= 4 is 43.6 Å². The number of aryl methyl sites for hydroxylation is 4. The maximum absolute atomic E-state index is 10.3. The van der Waals surface area contributed by atoms with Crippen LogP contribution in [0.1, 0.15) is 27.8 Å². The smallest absolute Gasteiger partial charge is 0.0992 e. The van der Waals surface area contributed by atoms with Crippen molar-refractivity contribution in [3.63, 3.8) is 0 Å². The van der Waals surface area contributed by atoms with Crippen LogP contribution in [0, 0.1) is 39.0 Å². The SMILES string of the molecule is Cc1cc(C)cc(-c2ccc3c(c2)c2ccccc2n3-c2cnccc2-c2ccc(C#N)cc2-n2c3ccccc3c3cc(-c4cc(C)cc(C)c4)ccc32)c1. The van der Waals surface area contributed by atoms with Gasteiger partial charge in [-0.1, -0.05) is 113 Å². The van der Waals surface area contributed by atoms with Crippen LogP contribution in [0.5, 0.6) is 0 Å². The Kier molecular flexibility index (Phi) is 7.73. The molecule has 4 nitrogen and oxygen atoms in total. The Labute approximate surface area is 326 Å². The third-order valence-corrected chi connectivity index (χ3v) is 11.2. The molecule has 10 rings (SSSR count). The van der Waals surface area contributed by atoms with Gasteiger partial charge in [0, 0.05) is 38.9 Å². The fourth-order valence-electron chi connectivity index (χ4n) is 8.91. The number of rotatable bonds is 5. The quantitative estimate of drug-likeness (QED) is 0.178. The molecule has 0 saturated heterocycles. The first-order valence-electron chi connectivity index (χ1n) is 19.1. The predicted octanol–water partition coefficient (Wildman–Crippen LogP) is 13.4. The fourth-order valence-corrected chi connectivity index (χ4v) is 8.91. The number of para-hydroxylation sites is 2. The van der Waals surface area contributed by atoms with Crippen LogP contribution in [0.3, 0.4) is 0 Å². The summed E-state index contributed by atoms with van der Waals surface area (Å²) in [7, 11) is 0. The first-order chi connectivity index (χ1) is 27.3. The lowest BCUT2D eigenvalue weighted by atomic mass is 9.99. The largest absolute Gasteiger partial charge is 0.309 e. The molecular weight excluding hydrogens is 681 g/mol. The highest BCUT2D eigenvalue weighted by atomic mass is 15.0. The van der Waals surface area contributed by atoms with Crippen molar-refractivity contribution in [3.8, 4) is 50.8 Å². The number of hydrogen-bond donors (Lipinski definition) is 0. The van der Waals surface area contributed by atoms with Gasteiger partial charge in [0.15, 0.2) is 0 Å². The van der Waals surface area contributed by atoms with Crippen molar-refractivity contribution in [3.05, 3.63) is 186 Å². The standard InChI is InChI=1S/C52H38N4/c1-32-21-33(2)24-39(23-32)37-14-17-49-45(28-37)41-9-5-7-11-47(41)55(49)51-27-36(30-53)13-16-43(51)44-19-20-54-31-52(44)56-48-12-8-6-10-42(48)46-29-38(15-18-50(46)56)40-25-34(3)22-35(4)26-40/h5-29,31H,1-4H3. The lowest BCUT2D eigenvalue weighted by Crippen LogP contribution is -2.02. The Bertz CT molecular complexity index is 3220. The molecule has 0 saturated carbocycles. The molecule has 266 valence electrons. The molecule has 0 radical (unpaired) electrons. The van der Waals surface area contributed by atoms with E-state index in [0.717, 1.165) is 44.6 Å². The van der Waals surface area contributed by atoms with E-state index in [0.29, 0.717) is 5.56 Å². The number of hydrogen-bond acceptors (Lipinski definition) is 2. The summed E-state index contributed by atoms with van der Waals surface area (Å²) in [6.07, 6.45) is 3.85. The number of nitrogens with zero attached hydrogens (tertiary/aromatic N) is 4. The second-order valence-electron chi connectivity index (χ2n) is 15.2. The molecule has 0 aliphatic heterocycles. The van der Waals surface area contributed by atoms with Gasteiger partial charge in [0.2, 0.25) is 0 Å². The summed E-state index contributed by atoms with van der Waals surface area (Å²) in [6, 6.07) is 54.9. The molecule has 0 aliphatic rings. The van der Waals surface area contributed by atoms with Crippen LogP contribution in [0.25, 0.3) is 88.4 Å². The summed E-state index contributed by atoms with van der Waals surface area (Å²) >= 11 is 0. The van der Waals surface area contributed by atoms with Crippen LogP contribution in [0.4, 0.5) is 0 Å². The Morgan fingerprint density at radius 3 is 1.45 bits per heavy atom. The van der Waals surface area contributed by atoms with Gasteiger partial charge in [-0.2, -0.15) is 5.26 Å². The van der Waals surface area contributed by atoms with Gasteiger partial charge in [0.1, 0.15) is 0 Å². The molecule has 0 fully saturated rings. The highest BCUT2D eigenvalue weighted by molar-refractivity contribution is 6.12. The topological polar surface area (TPSA) is 46.5 Å². The zero-order chi connectivity index (χ0) is 38.1. The molecule has 10 aromatic rings. The minimum atomic E-state index is 0.605. The van der Waals surface area contributed by atoms with E-state index in [4.69, 9.17) is 4.98 Å². The third-order valence-electron chi connectivity index (χ3n) is 11.2. The van der Waals surface area contributed by atoms with Gasteiger partial charge in [-0.3, -0.25) is 4.98 Å². The van der Waals surface area contributed by atoms with Crippen molar-refractivity contribution in [2.75, 3.05) is 0 Å². The van der Waals surface area contributed by atoms with Crippen LogP contribution < -0.4 is 0 Å². The van der Waals surface area contributed by atoms with Crippen molar-refractivity contribution in [1.29, 1.82) is 5.26 Å². The first-order valence-corrected chi connectivity index (χ1v) is 19.1. The maximum atomic E-state index is 10.3. The van der Waals surface area contributed by atoms with E-state index < -0.39 is 0 Å². The van der Waals surface area contributed by atoms with Crippen LogP contribution >= 0.6 is 0 Å². The molecule has 0 amide bonds. The minimum Gasteiger partial charge on any atom is -0.309 e. The summed E-state index contributed by atoms with van der Waals surface area (Å²) in [6.45, 7) is 8.62. The zero-order valence-electron chi connectivity index (χ0n) is 31.8. The Balaban J connectivity index is 1.22. The van der Waals surface area contributed by atoms with Crippen LogP contribution in [-0.2, 0) is 0 Å². The maximum Gasteiger partial charge on any atom is 0.0992 e. The molecule has 0 spiro atoms.